The number of fused-ring (bicyclic) bond motifs is 4. The highest BCUT2D eigenvalue weighted by atomic mass is 16.2. The molecule has 1 saturated carbocycles. The standard InChI is InChI=1S/C20H27N3O2/c24-19-17-9-10-18(23(19)12-16-7-4-8-16)14-22(13-17)20(25)21-11-15-5-2-1-3-6-15/h1-3,5-6,16-18H,4,7-14H2,(H,21,25)/t17-,18+/m1/s1. The van der Waals surface area contributed by atoms with Crippen LogP contribution in [0.4, 0.5) is 4.79 Å². The van der Waals surface area contributed by atoms with E-state index in [1.807, 2.05) is 35.2 Å². The lowest BCUT2D eigenvalue weighted by atomic mass is 9.83. The Morgan fingerprint density at radius 2 is 1.88 bits per heavy atom. The summed E-state index contributed by atoms with van der Waals surface area (Å²) in [5.41, 5.74) is 1.09. The highest BCUT2D eigenvalue weighted by Crippen LogP contribution is 2.33. The number of amides is 3. The number of rotatable bonds is 4. The first-order valence-corrected chi connectivity index (χ1v) is 9.58. The predicted molar refractivity (Wildman–Crippen MR) is 95.8 cm³/mol. The Bertz CT molecular complexity index is 629. The second-order valence-electron chi connectivity index (χ2n) is 7.76. The van der Waals surface area contributed by atoms with Gasteiger partial charge in [0.05, 0.1) is 5.92 Å². The van der Waals surface area contributed by atoms with E-state index in [2.05, 4.69) is 10.2 Å². The molecule has 0 aromatic heterocycles. The van der Waals surface area contributed by atoms with Gasteiger partial charge < -0.3 is 15.1 Å². The van der Waals surface area contributed by atoms with Crippen LogP contribution in [0.2, 0.25) is 0 Å². The van der Waals surface area contributed by atoms with Crippen LogP contribution in [0.5, 0.6) is 0 Å². The highest BCUT2D eigenvalue weighted by Gasteiger charge is 2.42. The molecule has 5 heteroatoms. The minimum atomic E-state index is -0.0425. The van der Waals surface area contributed by atoms with E-state index in [4.69, 9.17) is 0 Å². The van der Waals surface area contributed by atoms with Crippen LogP contribution in [0.25, 0.3) is 0 Å². The van der Waals surface area contributed by atoms with E-state index in [9.17, 15) is 9.59 Å². The molecule has 3 aliphatic heterocycles. The Balaban J connectivity index is 1.38. The van der Waals surface area contributed by atoms with Gasteiger partial charge in [-0.3, -0.25) is 4.79 Å². The van der Waals surface area contributed by atoms with Crippen LogP contribution in [-0.4, -0.2) is 47.4 Å². The molecule has 1 aromatic rings. The van der Waals surface area contributed by atoms with E-state index in [1.165, 1.54) is 19.3 Å². The zero-order valence-electron chi connectivity index (χ0n) is 14.7. The van der Waals surface area contributed by atoms with Gasteiger partial charge in [0.15, 0.2) is 0 Å². The van der Waals surface area contributed by atoms with Crippen molar-refractivity contribution in [3.8, 4) is 0 Å². The van der Waals surface area contributed by atoms with Gasteiger partial charge in [-0.25, -0.2) is 4.79 Å². The minimum Gasteiger partial charge on any atom is -0.337 e. The molecule has 3 heterocycles. The topological polar surface area (TPSA) is 52.7 Å². The van der Waals surface area contributed by atoms with E-state index in [0.717, 1.165) is 24.9 Å². The molecule has 0 spiro atoms. The Morgan fingerprint density at radius 3 is 2.60 bits per heavy atom. The second kappa shape index (κ2) is 7.06. The first kappa shape index (κ1) is 16.4. The van der Waals surface area contributed by atoms with E-state index >= 15 is 0 Å². The molecule has 134 valence electrons. The van der Waals surface area contributed by atoms with Gasteiger partial charge in [0, 0.05) is 32.2 Å². The number of hydrogen-bond donors (Lipinski definition) is 1. The van der Waals surface area contributed by atoms with Crippen molar-refractivity contribution in [3.63, 3.8) is 0 Å². The normalized spacial score (nSPS) is 26.3. The first-order valence-electron chi connectivity index (χ1n) is 9.58. The Hall–Kier alpha value is -2.04. The molecule has 0 unspecified atom stereocenters. The van der Waals surface area contributed by atoms with Gasteiger partial charge in [0.1, 0.15) is 0 Å². The third kappa shape index (κ3) is 3.51. The smallest absolute Gasteiger partial charge is 0.317 e. The van der Waals surface area contributed by atoms with Crippen LogP contribution in [0.15, 0.2) is 30.3 Å². The monoisotopic (exact) mass is 341 g/mol. The van der Waals surface area contributed by atoms with Crippen molar-refractivity contribution in [3.05, 3.63) is 35.9 Å². The van der Waals surface area contributed by atoms with Gasteiger partial charge in [0.2, 0.25) is 5.91 Å². The lowest BCUT2D eigenvalue weighted by Gasteiger charge is -2.40. The van der Waals surface area contributed by atoms with Gasteiger partial charge in [-0.15, -0.1) is 0 Å². The Labute approximate surface area is 149 Å². The van der Waals surface area contributed by atoms with E-state index < -0.39 is 0 Å². The molecule has 5 rings (SSSR count). The van der Waals surface area contributed by atoms with Crippen LogP contribution >= 0.6 is 0 Å². The average Bonchev–Trinajstić information content (AvgIpc) is 2.88. The van der Waals surface area contributed by atoms with Crippen LogP contribution < -0.4 is 5.32 Å². The number of urea groups is 1. The maximum atomic E-state index is 12.8. The van der Waals surface area contributed by atoms with Gasteiger partial charge >= 0.3 is 6.03 Å². The largest absolute Gasteiger partial charge is 0.337 e. The summed E-state index contributed by atoms with van der Waals surface area (Å²) in [6.45, 7) is 2.68. The van der Waals surface area contributed by atoms with Crippen LogP contribution in [-0.2, 0) is 11.3 Å². The fraction of sp³-hybridized carbons (Fsp3) is 0.600. The third-order valence-electron chi connectivity index (χ3n) is 6.05. The number of hydrogen-bond acceptors (Lipinski definition) is 2. The molecule has 1 aliphatic carbocycles. The molecule has 1 aromatic carbocycles. The molecular formula is C20H27N3O2. The van der Waals surface area contributed by atoms with Crippen LogP contribution in [0, 0.1) is 11.8 Å². The molecule has 2 atom stereocenters. The third-order valence-corrected chi connectivity index (χ3v) is 6.05. The molecule has 2 bridgehead atoms. The fourth-order valence-electron chi connectivity index (χ4n) is 4.29. The van der Waals surface area contributed by atoms with Gasteiger partial charge in [-0.1, -0.05) is 36.8 Å². The average molecular weight is 341 g/mol. The van der Waals surface area contributed by atoms with Crippen molar-refractivity contribution in [2.75, 3.05) is 19.6 Å². The zero-order valence-corrected chi connectivity index (χ0v) is 14.7. The lowest BCUT2D eigenvalue weighted by molar-refractivity contribution is -0.141. The van der Waals surface area contributed by atoms with Crippen molar-refractivity contribution < 1.29 is 9.59 Å². The van der Waals surface area contributed by atoms with Crippen molar-refractivity contribution in [2.45, 2.75) is 44.7 Å². The Kier molecular flexibility index (Phi) is 4.64. The van der Waals surface area contributed by atoms with Crippen LogP contribution in [0.3, 0.4) is 0 Å². The van der Waals surface area contributed by atoms with Gasteiger partial charge in [-0.05, 0) is 37.2 Å². The summed E-state index contributed by atoms with van der Waals surface area (Å²) in [4.78, 5) is 29.4. The van der Waals surface area contributed by atoms with E-state index in [-0.39, 0.29) is 23.9 Å². The summed E-state index contributed by atoms with van der Waals surface area (Å²) < 4.78 is 0. The van der Waals surface area contributed by atoms with E-state index in [1.54, 1.807) is 0 Å². The summed E-state index contributed by atoms with van der Waals surface area (Å²) >= 11 is 0. The SMILES string of the molecule is O=C(NCc1ccccc1)N1C[C@H]2CC[C@@H](C1)N(CC1CCC1)C2=O. The molecule has 4 fully saturated rings. The number of carbonyl (C=O) groups excluding carboxylic acids is 2. The molecule has 25 heavy (non-hydrogen) atoms. The molecule has 5 nitrogen and oxygen atoms in total. The van der Waals surface area contributed by atoms with Gasteiger partial charge in [0.25, 0.3) is 0 Å². The summed E-state index contributed by atoms with van der Waals surface area (Å²) in [6.07, 6.45) is 5.76. The first-order chi connectivity index (χ1) is 12.2. The summed E-state index contributed by atoms with van der Waals surface area (Å²) in [5, 5.41) is 3.02. The molecule has 3 saturated heterocycles. The maximum Gasteiger partial charge on any atom is 0.317 e. The number of benzene rings is 1. The van der Waals surface area contributed by atoms with Crippen molar-refractivity contribution in [2.24, 2.45) is 11.8 Å². The number of piperidine rings is 1. The van der Waals surface area contributed by atoms with E-state index in [0.29, 0.717) is 25.6 Å². The number of nitrogens with one attached hydrogen (secondary N) is 1. The van der Waals surface area contributed by atoms with Gasteiger partial charge in [-0.2, -0.15) is 0 Å². The highest BCUT2D eigenvalue weighted by molar-refractivity contribution is 5.82. The summed E-state index contributed by atoms with van der Waals surface area (Å²) in [7, 11) is 0. The summed E-state index contributed by atoms with van der Waals surface area (Å²) in [5.74, 6) is 0.950. The zero-order chi connectivity index (χ0) is 17.2. The molecule has 4 aliphatic rings. The molecule has 3 amide bonds. The molecular weight excluding hydrogens is 314 g/mol. The number of nitrogens with zero attached hydrogens (tertiary/aromatic N) is 2. The predicted octanol–water partition coefficient (Wildman–Crippen LogP) is 2.62. The maximum absolute atomic E-state index is 12.8. The lowest BCUT2D eigenvalue weighted by Crippen LogP contribution is -2.50. The summed E-state index contributed by atoms with van der Waals surface area (Å²) in [6, 6.07) is 10.1. The fourth-order valence-corrected chi connectivity index (χ4v) is 4.29. The molecule has 1 N–H and O–H groups in total. The van der Waals surface area contributed by atoms with Crippen molar-refractivity contribution >= 4 is 11.9 Å². The quantitative estimate of drug-likeness (QED) is 0.915. The van der Waals surface area contributed by atoms with Crippen molar-refractivity contribution in [1.82, 2.24) is 15.1 Å². The molecule has 0 radical (unpaired) electrons. The van der Waals surface area contributed by atoms with Crippen LogP contribution in [0.1, 0.15) is 37.7 Å². The number of carbonyl (C=O) groups is 2. The minimum absolute atomic E-state index is 0.0127. The Morgan fingerprint density at radius 1 is 1.08 bits per heavy atom. The van der Waals surface area contributed by atoms with Crippen molar-refractivity contribution in [1.29, 1.82) is 0 Å². The second-order valence-corrected chi connectivity index (χ2v) is 7.76.